The summed E-state index contributed by atoms with van der Waals surface area (Å²) in [6.45, 7) is 3.82. The molecule has 3 aromatic rings. The van der Waals surface area contributed by atoms with Gasteiger partial charge in [-0.25, -0.2) is 4.68 Å². The second kappa shape index (κ2) is 9.69. The number of fused-ring (bicyclic) bond motifs is 8. The molecule has 1 saturated heterocycles. The van der Waals surface area contributed by atoms with Crippen LogP contribution in [0.1, 0.15) is 62.6 Å². The number of allylic oxidation sites excluding steroid dienone is 1. The standard InChI is InChI=1S/C35H37BrN2O5/c1-33-16-21-18-38(24-11-9-23(36)10-12-24)37-27(21)14-22(33)8-13-25-26-15-30-35(29(41)19-39,34(26,2)17-28(40)31(25)33)43-32(42-30)20-6-4-3-5-7-20/h3-7,9-12,14,18,25-26,28,30-32,39-40H,8,13,15-17,19H2,1-2H3/t25-,26-,28-,30+,31+,32?,33-,34-,35?/m0/s1. The third kappa shape index (κ3) is 3.80. The molecule has 9 atom stereocenters. The zero-order valence-electron chi connectivity index (χ0n) is 24.4. The van der Waals surface area contributed by atoms with Crippen molar-refractivity contribution in [3.63, 3.8) is 0 Å². The van der Waals surface area contributed by atoms with E-state index in [0.29, 0.717) is 12.8 Å². The number of Topliss-reactive ketones (excluding diaryl/α,β-unsaturated/α-hetero) is 1. The third-order valence-electron chi connectivity index (χ3n) is 11.8. The van der Waals surface area contributed by atoms with Gasteiger partial charge in [-0.15, -0.1) is 0 Å². The fourth-order valence-electron chi connectivity index (χ4n) is 10.0. The van der Waals surface area contributed by atoms with E-state index in [9.17, 15) is 15.0 Å². The SMILES string of the molecule is C[C@]12Cc3cn(-c4ccc(Br)cc4)nc3C=C1CC[C@@H]1[C@@H]2[C@@H](O)C[C@@]2(C)[C@H]1C[C@H]1OC(c3ccccc3)OC12C(=O)CO. The normalized spacial score (nSPS) is 39.2. The zero-order valence-corrected chi connectivity index (χ0v) is 26.0. The average molecular weight is 646 g/mol. The molecule has 8 heteroatoms. The summed E-state index contributed by atoms with van der Waals surface area (Å²) < 4.78 is 16.2. The topological polar surface area (TPSA) is 93.8 Å². The lowest BCUT2D eigenvalue weighted by atomic mass is 9.45. The van der Waals surface area contributed by atoms with Gasteiger partial charge in [0.2, 0.25) is 0 Å². The lowest BCUT2D eigenvalue weighted by molar-refractivity contribution is -0.203. The summed E-state index contributed by atoms with van der Waals surface area (Å²) in [6.07, 6.45) is 6.44. The number of halogens is 1. The predicted molar refractivity (Wildman–Crippen MR) is 164 cm³/mol. The number of hydrogen-bond acceptors (Lipinski definition) is 6. The molecule has 4 aliphatic carbocycles. The van der Waals surface area contributed by atoms with Crippen molar-refractivity contribution in [2.45, 2.75) is 70.1 Å². The van der Waals surface area contributed by atoms with Gasteiger partial charge in [0.25, 0.3) is 0 Å². The molecule has 0 bridgehead atoms. The molecule has 5 aliphatic rings. The number of hydrogen-bond donors (Lipinski definition) is 2. The third-order valence-corrected chi connectivity index (χ3v) is 12.4. The molecule has 7 nitrogen and oxygen atoms in total. The number of nitrogens with zero attached hydrogens (tertiary/aromatic N) is 2. The summed E-state index contributed by atoms with van der Waals surface area (Å²) in [6, 6.07) is 17.9. The van der Waals surface area contributed by atoms with Crippen LogP contribution in [0.25, 0.3) is 11.8 Å². The molecule has 1 aliphatic heterocycles. The van der Waals surface area contributed by atoms with E-state index < -0.39 is 36.1 Å². The molecular formula is C35H37BrN2O5. The van der Waals surface area contributed by atoms with Crippen molar-refractivity contribution in [2.24, 2.45) is 28.6 Å². The van der Waals surface area contributed by atoms with Gasteiger partial charge in [0.1, 0.15) is 6.61 Å². The number of aliphatic hydroxyl groups is 2. The Kier molecular flexibility index (Phi) is 6.28. The summed E-state index contributed by atoms with van der Waals surface area (Å²) in [5.74, 6) is 0.0373. The molecule has 4 fully saturated rings. The molecule has 2 N–H and O–H groups in total. The Labute approximate surface area is 260 Å². The van der Waals surface area contributed by atoms with Crippen LogP contribution in [-0.4, -0.2) is 50.2 Å². The average Bonchev–Trinajstić information content (AvgIpc) is 3.66. The van der Waals surface area contributed by atoms with Crippen molar-refractivity contribution < 1.29 is 24.5 Å². The van der Waals surface area contributed by atoms with E-state index in [4.69, 9.17) is 14.6 Å². The lowest BCUT2D eigenvalue weighted by Crippen LogP contribution is -2.63. The van der Waals surface area contributed by atoms with E-state index in [1.807, 2.05) is 47.1 Å². The van der Waals surface area contributed by atoms with E-state index in [-0.39, 0.29) is 29.0 Å². The van der Waals surface area contributed by atoms with Crippen LogP contribution in [0.4, 0.5) is 0 Å². The highest BCUT2D eigenvalue weighted by molar-refractivity contribution is 9.10. The van der Waals surface area contributed by atoms with Crippen LogP contribution in [0.15, 0.2) is 70.8 Å². The van der Waals surface area contributed by atoms with Crippen molar-refractivity contribution >= 4 is 27.8 Å². The number of benzene rings is 2. The Morgan fingerprint density at radius 2 is 1.91 bits per heavy atom. The number of ketones is 1. The van der Waals surface area contributed by atoms with Gasteiger partial charge in [0, 0.05) is 21.6 Å². The Bertz CT molecular complexity index is 1620. The maximum Gasteiger partial charge on any atom is 0.193 e. The second-order valence-electron chi connectivity index (χ2n) is 13.8. The maximum absolute atomic E-state index is 13.7. The number of carbonyl (C=O) groups excluding carboxylic acids is 1. The Balaban J connectivity index is 1.13. The van der Waals surface area contributed by atoms with Crippen LogP contribution >= 0.6 is 15.9 Å². The molecule has 8 rings (SSSR count). The first kappa shape index (κ1) is 27.9. The molecule has 0 spiro atoms. The number of ether oxygens (including phenoxy) is 2. The van der Waals surface area contributed by atoms with Crippen molar-refractivity contribution in [1.29, 1.82) is 0 Å². The van der Waals surface area contributed by atoms with Crippen molar-refractivity contribution in [3.8, 4) is 5.69 Å². The van der Waals surface area contributed by atoms with Gasteiger partial charge in [-0.1, -0.05) is 65.7 Å². The van der Waals surface area contributed by atoms with E-state index in [0.717, 1.165) is 40.7 Å². The van der Waals surface area contributed by atoms with Gasteiger partial charge < -0.3 is 19.7 Å². The molecule has 224 valence electrons. The van der Waals surface area contributed by atoms with Gasteiger partial charge in [-0.05, 0) is 91.2 Å². The largest absolute Gasteiger partial charge is 0.393 e. The molecule has 2 heterocycles. The van der Waals surface area contributed by atoms with Crippen LogP contribution < -0.4 is 0 Å². The van der Waals surface area contributed by atoms with Crippen molar-refractivity contribution in [3.05, 3.63) is 87.7 Å². The predicted octanol–water partition coefficient (Wildman–Crippen LogP) is 5.81. The second-order valence-corrected chi connectivity index (χ2v) is 14.7. The first-order valence-corrected chi connectivity index (χ1v) is 16.2. The van der Waals surface area contributed by atoms with Gasteiger partial charge in [-0.3, -0.25) is 4.79 Å². The van der Waals surface area contributed by atoms with Crippen LogP contribution in [0.3, 0.4) is 0 Å². The van der Waals surface area contributed by atoms with Crippen LogP contribution in [0, 0.1) is 28.6 Å². The fraction of sp³-hybridized carbons (Fsp3) is 0.486. The van der Waals surface area contributed by atoms with E-state index in [2.05, 4.69) is 54.2 Å². The Hall–Kier alpha value is -2.62. The molecule has 2 aromatic carbocycles. The summed E-state index contributed by atoms with van der Waals surface area (Å²) in [4.78, 5) is 13.7. The molecule has 3 saturated carbocycles. The zero-order chi connectivity index (χ0) is 29.7. The molecule has 2 unspecified atom stereocenters. The van der Waals surface area contributed by atoms with Crippen LogP contribution in [-0.2, 0) is 20.7 Å². The quantitative estimate of drug-likeness (QED) is 0.372. The summed E-state index contributed by atoms with van der Waals surface area (Å²) >= 11 is 3.52. The highest BCUT2D eigenvalue weighted by Crippen LogP contribution is 2.70. The van der Waals surface area contributed by atoms with Gasteiger partial charge in [-0.2, -0.15) is 5.10 Å². The number of rotatable bonds is 4. The minimum absolute atomic E-state index is 0.0415. The monoisotopic (exact) mass is 644 g/mol. The maximum atomic E-state index is 13.7. The van der Waals surface area contributed by atoms with Crippen molar-refractivity contribution in [2.75, 3.05) is 6.61 Å². The summed E-state index contributed by atoms with van der Waals surface area (Å²) in [7, 11) is 0. The molecular weight excluding hydrogens is 608 g/mol. The van der Waals surface area contributed by atoms with Gasteiger partial charge in [0.15, 0.2) is 17.7 Å². The molecule has 0 amide bonds. The highest BCUT2D eigenvalue weighted by atomic mass is 79.9. The van der Waals surface area contributed by atoms with E-state index >= 15 is 0 Å². The Morgan fingerprint density at radius 1 is 1.14 bits per heavy atom. The van der Waals surface area contributed by atoms with E-state index in [1.54, 1.807) is 0 Å². The first-order valence-electron chi connectivity index (χ1n) is 15.4. The molecule has 0 radical (unpaired) electrons. The number of aliphatic hydroxyl groups excluding tert-OH is 2. The lowest BCUT2D eigenvalue weighted by Gasteiger charge is -2.60. The fourth-order valence-corrected chi connectivity index (χ4v) is 10.3. The van der Waals surface area contributed by atoms with E-state index in [1.165, 1.54) is 11.1 Å². The Morgan fingerprint density at radius 3 is 2.65 bits per heavy atom. The summed E-state index contributed by atoms with van der Waals surface area (Å²) in [5, 5.41) is 27.3. The smallest absolute Gasteiger partial charge is 0.193 e. The number of aromatic nitrogens is 2. The van der Waals surface area contributed by atoms with Gasteiger partial charge in [0.05, 0.1) is 23.6 Å². The first-order chi connectivity index (χ1) is 20.7. The van der Waals surface area contributed by atoms with Crippen LogP contribution in [0.5, 0.6) is 0 Å². The minimum atomic E-state index is -1.29. The van der Waals surface area contributed by atoms with Gasteiger partial charge >= 0.3 is 0 Å². The van der Waals surface area contributed by atoms with Crippen LogP contribution in [0.2, 0.25) is 0 Å². The minimum Gasteiger partial charge on any atom is -0.393 e. The highest BCUT2D eigenvalue weighted by Gasteiger charge is 2.76. The summed E-state index contributed by atoms with van der Waals surface area (Å²) in [5.41, 5.74) is 3.28. The molecule has 1 aromatic heterocycles. The van der Waals surface area contributed by atoms with Crippen molar-refractivity contribution in [1.82, 2.24) is 9.78 Å². The molecule has 43 heavy (non-hydrogen) atoms. The number of carbonyl (C=O) groups is 1.